The summed E-state index contributed by atoms with van der Waals surface area (Å²) >= 11 is 0. The lowest BCUT2D eigenvalue weighted by Crippen LogP contribution is -2.22. The Bertz CT molecular complexity index is 797. The third-order valence-corrected chi connectivity index (χ3v) is 3.74. The van der Waals surface area contributed by atoms with Crippen molar-refractivity contribution < 1.29 is 19.1 Å². The van der Waals surface area contributed by atoms with E-state index in [0.717, 1.165) is 0 Å². The Kier molecular flexibility index (Phi) is 4.39. The van der Waals surface area contributed by atoms with Crippen LogP contribution in [0.2, 0.25) is 0 Å². The van der Waals surface area contributed by atoms with Crippen LogP contribution < -0.4 is 0 Å². The number of ether oxygens (including phenoxy) is 1. The van der Waals surface area contributed by atoms with Gasteiger partial charge in [0.2, 0.25) is 0 Å². The predicted octanol–water partition coefficient (Wildman–Crippen LogP) is 3.21. The van der Waals surface area contributed by atoms with Gasteiger partial charge in [-0.05, 0) is 18.6 Å². The molecule has 5 nitrogen and oxygen atoms in total. The summed E-state index contributed by atoms with van der Waals surface area (Å²) in [6.45, 7) is 1.98. The van der Waals surface area contributed by atoms with Crippen molar-refractivity contribution in [1.29, 1.82) is 0 Å². The highest BCUT2D eigenvalue weighted by Crippen LogP contribution is 2.36. The Hall–Kier alpha value is -2.66. The molecule has 2 aromatic heterocycles. The van der Waals surface area contributed by atoms with Gasteiger partial charge in [-0.1, -0.05) is 30.3 Å². The monoisotopic (exact) mass is 311 g/mol. The van der Waals surface area contributed by atoms with Gasteiger partial charge in [-0.3, -0.25) is 9.78 Å². The molecule has 2 atom stereocenters. The lowest BCUT2D eigenvalue weighted by molar-refractivity contribution is -0.148. The number of fused-ring (bicyclic) bond motifs is 1. The van der Waals surface area contributed by atoms with Crippen LogP contribution in [0.25, 0.3) is 11.0 Å². The number of carbonyl (C=O) groups is 1. The highest BCUT2D eigenvalue weighted by atomic mass is 16.5. The van der Waals surface area contributed by atoms with Crippen molar-refractivity contribution in [1.82, 2.24) is 4.98 Å². The highest BCUT2D eigenvalue weighted by Gasteiger charge is 2.33. The van der Waals surface area contributed by atoms with Crippen LogP contribution in [0.1, 0.15) is 30.1 Å². The van der Waals surface area contributed by atoms with E-state index < -0.39 is 18.0 Å². The molecule has 2 unspecified atom stereocenters. The number of furan rings is 1. The average molecular weight is 311 g/mol. The van der Waals surface area contributed by atoms with Crippen LogP contribution >= 0.6 is 0 Å². The van der Waals surface area contributed by atoms with E-state index in [9.17, 15) is 9.90 Å². The molecule has 0 amide bonds. The van der Waals surface area contributed by atoms with Crippen molar-refractivity contribution in [2.75, 3.05) is 6.61 Å². The van der Waals surface area contributed by atoms with E-state index in [1.807, 2.05) is 18.2 Å². The Morgan fingerprint density at radius 1 is 1.30 bits per heavy atom. The van der Waals surface area contributed by atoms with Crippen LogP contribution in [0.3, 0.4) is 0 Å². The summed E-state index contributed by atoms with van der Waals surface area (Å²) in [4.78, 5) is 16.5. The van der Waals surface area contributed by atoms with Gasteiger partial charge < -0.3 is 14.3 Å². The number of rotatable bonds is 5. The van der Waals surface area contributed by atoms with Gasteiger partial charge in [0.25, 0.3) is 0 Å². The summed E-state index contributed by atoms with van der Waals surface area (Å²) in [5, 5.41) is 11.4. The third kappa shape index (κ3) is 2.96. The molecule has 3 rings (SSSR count). The van der Waals surface area contributed by atoms with Crippen molar-refractivity contribution in [3.63, 3.8) is 0 Å². The summed E-state index contributed by atoms with van der Waals surface area (Å²) in [5.41, 5.74) is 1.83. The van der Waals surface area contributed by atoms with Gasteiger partial charge in [0, 0.05) is 23.3 Å². The first-order valence-corrected chi connectivity index (χ1v) is 7.43. The first-order chi connectivity index (χ1) is 11.2. The lowest BCUT2D eigenvalue weighted by atomic mass is 9.89. The van der Waals surface area contributed by atoms with E-state index in [1.54, 1.807) is 37.5 Å². The van der Waals surface area contributed by atoms with Crippen LogP contribution in [0.5, 0.6) is 0 Å². The molecule has 118 valence electrons. The Labute approximate surface area is 133 Å². The number of nitrogens with zero attached hydrogens (tertiary/aromatic N) is 1. The van der Waals surface area contributed by atoms with Gasteiger partial charge in [-0.25, -0.2) is 0 Å². The quantitative estimate of drug-likeness (QED) is 0.732. The molecule has 3 aromatic rings. The average Bonchev–Trinajstić information content (AvgIpc) is 3.00. The molecular weight excluding hydrogens is 294 g/mol. The van der Waals surface area contributed by atoms with Crippen molar-refractivity contribution in [2.24, 2.45) is 0 Å². The summed E-state index contributed by atoms with van der Waals surface area (Å²) < 4.78 is 10.6. The van der Waals surface area contributed by atoms with Crippen LogP contribution in [0.15, 0.2) is 59.5 Å². The number of pyridine rings is 1. The van der Waals surface area contributed by atoms with E-state index in [1.165, 1.54) is 6.26 Å². The summed E-state index contributed by atoms with van der Waals surface area (Å²) in [7, 11) is 0. The van der Waals surface area contributed by atoms with Crippen molar-refractivity contribution in [2.45, 2.75) is 18.9 Å². The van der Waals surface area contributed by atoms with Crippen LogP contribution in [-0.4, -0.2) is 22.7 Å². The molecule has 0 bridgehead atoms. The largest absolute Gasteiger partial charge is 0.465 e. The van der Waals surface area contributed by atoms with E-state index in [-0.39, 0.29) is 6.61 Å². The number of aliphatic hydroxyl groups is 1. The highest BCUT2D eigenvalue weighted by molar-refractivity contribution is 5.88. The summed E-state index contributed by atoms with van der Waals surface area (Å²) in [6.07, 6.45) is 3.69. The number of benzene rings is 1. The molecule has 5 heteroatoms. The van der Waals surface area contributed by atoms with Crippen molar-refractivity contribution in [3.05, 3.63) is 66.2 Å². The van der Waals surface area contributed by atoms with Gasteiger partial charge in [-0.15, -0.1) is 0 Å². The van der Waals surface area contributed by atoms with Gasteiger partial charge in [0.15, 0.2) is 0 Å². The Morgan fingerprint density at radius 3 is 2.83 bits per heavy atom. The molecule has 23 heavy (non-hydrogen) atoms. The number of esters is 1. The molecule has 1 aromatic carbocycles. The second-order valence-electron chi connectivity index (χ2n) is 5.15. The van der Waals surface area contributed by atoms with Gasteiger partial charge in [0.05, 0.1) is 19.0 Å². The molecule has 0 spiro atoms. The van der Waals surface area contributed by atoms with Crippen LogP contribution in [-0.2, 0) is 9.53 Å². The topological polar surface area (TPSA) is 72.6 Å². The fourth-order valence-electron chi connectivity index (χ4n) is 2.63. The zero-order chi connectivity index (χ0) is 16.2. The first kappa shape index (κ1) is 15.2. The number of hydrogen-bond donors (Lipinski definition) is 1. The minimum Gasteiger partial charge on any atom is -0.465 e. The fourth-order valence-corrected chi connectivity index (χ4v) is 2.63. The normalized spacial score (nSPS) is 13.7. The standard InChI is InChI=1S/C18H17NO4/c1-2-22-18(21)16(17(20)12-6-4-3-5-7-12)14-11-23-15-8-9-19-10-13(14)15/h3-11,16-17,20H,2H2,1H3. The molecule has 0 aliphatic rings. The number of carbonyl (C=O) groups excluding carboxylic acids is 1. The van der Waals surface area contributed by atoms with E-state index in [0.29, 0.717) is 22.1 Å². The second-order valence-corrected chi connectivity index (χ2v) is 5.15. The van der Waals surface area contributed by atoms with Crippen LogP contribution in [0.4, 0.5) is 0 Å². The number of hydrogen-bond acceptors (Lipinski definition) is 5. The molecular formula is C18H17NO4. The molecule has 2 heterocycles. The summed E-state index contributed by atoms with van der Waals surface area (Å²) in [5.74, 6) is -1.36. The van der Waals surface area contributed by atoms with E-state index in [2.05, 4.69) is 4.98 Å². The molecule has 0 fully saturated rings. The molecule has 1 N–H and O–H groups in total. The zero-order valence-corrected chi connectivity index (χ0v) is 12.7. The third-order valence-electron chi connectivity index (χ3n) is 3.74. The van der Waals surface area contributed by atoms with Crippen molar-refractivity contribution in [3.8, 4) is 0 Å². The van der Waals surface area contributed by atoms with Crippen LogP contribution in [0, 0.1) is 0 Å². The van der Waals surface area contributed by atoms with Gasteiger partial charge in [-0.2, -0.15) is 0 Å². The number of aliphatic hydroxyl groups excluding tert-OH is 1. The Balaban J connectivity index is 2.07. The first-order valence-electron chi connectivity index (χ1n) is 7.43. The minimum atomic E-state index is -1.03. The van der Waals surface area contributed by atoms with Crippen molar-refractivity contribution >= 4 is 16.9 Å². The fraction of sp³-hybridized carbons (Fsp3) is 0.222. The molecule has 0 saturated carbocycles. The smallest absolute Gasteiger partial charge is 0.316 e. The maximum absolute atomic E-state index is 12.5. The molecule has 0 radical (unpaired) electrons. The predicted molar refractivity (Wildman–Crippen MR) is 84.8 cm³/mol. The molecule has 0 aliphatic carbocycles. The van der Waals surface area contributed by atoms with E-state index in [4.69, 9.17) is 9.15 Å². The number of aromatic nitrogens is 1. The zero-order valence-electron chi connectivity index (χ0n) is 12.7. The van der Waals surface area contributed by atoms with E-state index >= 15 is 0 Å². The minimum absolute atomic E-state index is 0.241. The SMILES string of the molecule is CCOC(=O)C(c1coc2ccncc12)C(O)c1ccccc1. The summed E-state index contributed by atoms with van der Waals surface area (Å²) in [6, 6.07) is 10.8. The molecule has 0 aliphatic heterocycles. The van der Waals surface area contributed by atoms with Gasteiger partial charge >= 0.3 is 5.97 Å². The second kappa shape index (κ2) is 6.62. The van der Waals surface area contributed by atoms with Gasteiger partial charge in [0.1, 0.15) is 11.5 Å². The lowest BCUT2D eigenvalue weighted by Gasteiger charge is -2.21. The Morgan fingerprint density at radius 2 is 2.09 bits per heavy atom. The maximum atomic E-state index is 12.5. The maximum Gasteiger partial charge on any atom is 0.316 e. The molecule has 0 saturated heterocycles.